The van der Waals surface area contributed by atoms with Crippen molar-refractivity contribution in [1.82, 2.24) is 9.97 Å². The third kappa shape index (κ3) is 0.621. The summed E-state index contributed by atoms with van der Waals surface area (Å²) in [4.78, 5) is 7.64. The number of hydrogen-bond donors (Lipinski definition) is 1. The van der Waals surface area contributed by atoms with E-state index in [0.29, 0.717) is 11.6 Å². The Kier molecular flexibility index (Phi) is 0.887. The normalized spacial score (nSPS) is 10.4. The molecule has 50 valence electrons. The molecule has 2 aromatic heterocycles. The van der Waals surface area contributed by atoms with Crippen molar-refractivity contribution in [2.45, 2.75) is 0 Å². The second-order valence-corrected chi connectivity index (χ2v) is 1.93. The first-order chi connectivity index (χ1) is 4.86. The fourth-order valence-electron chi connectivity index (χ4n) is 0.808. The Morgan fingerprint density at radius 2 is 2.40 bits per heavy atom. The monoisotopic (exact) mass is 135 g/mol. The number of hydrogen-bond acceptors (Lipinski definition) is 4. The first-order valence-corrected chi connectivity index (χ1v) is 2.81. The summed E-state index contributed by atoms with van der Waals surface area (Å²) in [6.07, 6.45) is 3.08. The Bertz CT molecular complexity index is 322. The van der Waals surface area contributed by atoms with E-state index in [2.05, 4.69) is 9.97 Å². The number of fused-ring (bicyclic) bond motifs is 1. The number of aromatic nitrogens is 2. The highest BCUT2D eigenvalue weighted by Gasteiger charge is 1.98. The van der Waals surface area contributed by atoms with E-state index in [1.54, 1.807) is 12.3 Å². The van der Waals surface area contributed by atoms with Crippen molar-refractivity contribution < 1.29 is 4.42 Å². The number of anilines is 1. The molecule has 2 N–H and O–H groups in total. The second kappa shape index (κ2) is 1.70. The van der Waals surface area contributed by atoms with Crippen LogP contribution in [0.25, 0.3) is 11.1 Å². The van der Waals surface area contributed by atoms with Gasteiger partial charge in [0, 0.05) is 12.3 Å². The molecule has 0 atom stereocenters. The molecule has 0 aromatic carbocycles. The van der Waals surface area contributed by atoms with Crippen LogP contribution in [-0.2, 0) is 0 Å². The van der Waals surface area contributed by atoms with E-state index < -0.39 is 0 Å². The second-order valence-electron chi connectivity index (χ2n) is 1.93. The molecule has 0 unspecified atom stereocenters. The van der Waals surface area contributed by atoms with Crippen LogP contribution in [0.4, 0.5) is 5.88 Å². The standard InChI is InChI=1S/C6H5N3O/c7-5-1-4-2-8-3-9-6(4)10-5/h1-3H,7H2. The van der Waals surface area contributed by atoms with E-state index in [9.17, 15) is 0 Å². The molecule has 0 saturated heterocycles. The van der Waals surface area contributed by atoms with Crippen molar-refractivity contribution in [3.63, 3.8) is 0 Å². The Morgan fingerprint density at radius 3 is 3.20 bits per heavy atom. The van der Waals surface area contributed by atoms with Crippen LogP contribution in [-0.4, -0.2) is 9.97 Å². The van der Waals surface area contributed by atoms with Crippen LogP contribution in [0.15, 0.2) is 23.0 Å². The van der Waals surface area contributed by atoms with Crippen molar-refractivity contribution in [1.29, 1.82) is 0 Å². The van der Waals surface area contributed by atoms with Crippen LogP contribution in [0.1, 0.15) is 0 Å². The largest absolute Gasteiger partial charge is 0.423 e. The van der Waals surface area contributed by atoms with E-state index in [-0.39, 0.29) is 0 Å². The van der Waals surface area contributed by atoms with Crippen LogP contribution in [0, 0.1) is 0 Å². The molecule has 0 aliphatic rings. The van der Waals surface area contributed by atoms with Crippen molar-refractivity contribution in [3.8, 4) is 0 Å². The predicted octanol–water partition coefficient (Wildman–Crippen LogP) is 0.805. The minimum Gasteiger partial charge on any atom is -0.423 e. The van der Waals surface area contributed by atoms with Gasteiger partial charge in [-0.2, -0.15) is 0 Å². The lowest BCUT2D eigenvalue weighted by atomic mass is 10.4. The molecule has 2 heterocycles. The van der Waals surface area contributed by atoms with Gasteiger partial charge in [-0.25, -0.2) is 9.97 Å². The lowest BCUT2D eigenvalue weighted by molar-refractivity contribution is 0.623. The average Bonchev–Trinajstić information content (AvgIpc) is 2.27. The molecular formula is C6H5N3O. The third-order valence-corrected chi connectivity index (χ3v) is 1.21. The zero-order valence-corrected chi connectivity index (χ0v) is 5.11. The Labute approximate surface area is 56.7 Å². The first kappa shape index (κ1) is 5.22. The highest BCUT2D eigenvalue weighted by Crippen LogP contribution is 2.15. The Morgan fingerprint density at radius 1 is 1.50 bits per heavy atom. The fourth-order valence-corrected chi connectivity index (χ4v) is 0.808. The maximum absolute atomic E-state index is 5.36. The summed E-state index contributed by atoms with van der Waals surface area (Å²) < 4.78 is 4.99. The number of nitrogens with zero attached hydrogens (tertiary/aromatic N) is 2. The molecule has 0 bridgehead atoms. The maximum atomic E-state index is 5.36. The van der Waals surface area contributed by atoms with Crippen molar-refractivity contribution >= 4 is 17.0 Å². The van der Waals surface area contributed by atoms with E-state index in [0.717, 1.165) is 5.39 Å². The van der Waals surface area contributed by atoms with Gasteiger partial charge < -0.3 is 10.2 Å². The predicted molar refractivity (Wildman–Crippen MR) is 36.2 cm³/mol. The van der Waals surface area contributed by atoms with Gasteiger partial charge in [-0.15, -0.1) is 0 Å². The van der Waals surface area contributed by atoms with Crippen molar-refractivity contribution in [3.05, 3.63) is 18.6 Å². The van der Waals surface area contributed by atoms with Crippen LogP contribution < -0.4 is 5.73 Å². The van der Waals surface area contributed by atoms with Gasteiger partial charge in [0.05, 0.1) is 5.39 Å². The van der Waals surface area contributed by atoms with Gasteiger partial charge in [0.25, 0.3) is 0 Å². The number of furan rings is 1. The van der Waals surface area contributed by atoms with Crippen LogP contribution in [0.2, 0.25) is 0 Å². The van der Waals surface area contributed by atoms with Gasteiger partial charge >= 0.3 is 0 Å². The maximum Gasteiger partial charge on any atom is 0.231 e. The zero-order chi connectivity index (χ0) is 6.97. The Balaban J connectivity index is 2.88. The van der Waals surface area contributed by atoms with Gasteiger partial charge in [0.1, 0.15) is 6.33 Å². The van der Waals surface area contributed by atoms with Crippen LogP contribution in [0.3, 0.4) is 0 Å². The highest BCUT2D eigenvalue weighted by molar-refractivity contribution is 5.75. The van der Waals surface area contributed by atoms with Crippen molar-refractivity contribution in [2.24, 2.45) is 0 Å². The summed E-state index contributed by atoms with van der Waals surface area (Å²) in [6.45, 7) is 0. The number of nitrogens with two attached hydrogens (primary N) is 1. The molecular weight excluding hydrogens is 130 g/mol. The van der Waals surface area contributed by atoms with Crippen LogP contribution in [0.5, 0.6) is 0 Å². The smallest absolute Gasteiger partial charge is 0.231 e. The highest BCUT2D eigenvalue weighted by atomic mass is 16.4. The summed E-state index contributed by atoms with van der Waals surface area (Å²) in [5.74, 6) is 0.371. The lowest BCUT2D eigenvalue weighted by Crippen LogP contribution is -1.75. The first-order valence-electron chi connectivity index (χ1n) is 2.81. The third-order valence-electron chi connectivity index (χ3n) is 1.21. The van der Waals surface area contributed by atoms with Gasteiger partial charge in [0.15, 0.2) is 5.88 Å². The minimum absolute atomic E-state index is 0.371. The summed E-state index contributed by atoms with van der Waals surface area (Å²) in [6, 6.07) is 1.69. The van der Waals surface area contributed by atoms with Gasteiger partial charge in [-0.05, 0) is 0 Å². The minimum atomic E-state index is 0.371. The topological polar surface area (TPSA) is 64.9 Å². The molecule has 0 saturated carbocycles. The molecule has 10 heavy (non-hydrogen) atoms. The summed E-state index contributed by atoms with van der Waals surface area (Å²) in [5, 5.41) is 0.833. The van der Waals surface area contributed by atoms with Crippen molar-refractivity contribution in [2.75, 3.05) is 5.73 Å². The summed E-state index contributed by atoms with van der Waals surface area (Å²) in [7, 11) is 0. The molecule has 0 spiro atoms. The van der Waals surface area contributed by atoms with Gasteiger partial charge in [-0.1, -0.05) is 0 Å². The van der Waals surface area contributed by atoms with E-state index in [1.165, 1.54) is 6.33 Å². The molecule has 0 amide bonds. The van der Waals surface area contributed by atoms with E-state index in [1.807, 2.05) is 0 Å². The molecule has 0 aliphatic heterocycles. The zero-order valence-electron chi connectivity index (χ0n) is 5.11. The fraction of sp³-hybridized carbons (Fsp3) is 0. The van der Waals surface area contributed by atoms with Gasteiger partial charge in [0.2, 0.25) is 5.71 Å². The molecule has 0 aliphatic carbocycles. The summed E-state index contributed by atoms with van der Waals surface area (Å²) in [5.41, 5.74) is 5.89. The molecule has 2 rings (SSSR count). The quantitative estimate of drug-likeness (QED) is 0.580. The molecule has 2 aromatic rings. The summed E-state index contributed by atoms with van der Waals surface area (Å²) >= 11 is 0. The van der Waals surface area contributed by atoms with Crippen LogP contribution >= 0.6 is 0 Å². The van der Waals surface area contributed by atoms with E-state index in [4.69, 9.17) is 10.2 Å². The van der Waals surface area contributed by atoms with E-state index >= 15 is 0 Å². The number of rotatable bonds is 0. The molecule has 0 fully saturated rings. The lowest BCUT2D eigenvalue weighted by Gasteiger charge is -1.80. The molecule has 0 radical (unpaired) electrons. The van der Waals surface area contributed by atoms with Gasteiger partial charge in [-0.3, -0.25) is 0 Å². The average molecular weight is 135 g/mol. The SMILES string of the molecule is Nc1cc2cncnc2o1. The molecule has 4 nitrogen and oxygen atoms in total. The Hall–Kier alpha value is -1.58. The molecule has 4 heteroatoms. The number of nitrogen functional groups attached to an aromatic ring is 1.